The van der Waals surface area contributed by atoms with Crippen molar-refractivity contribution in [3.8, 4) is 4.97 Å². The van der Waals surface area contributed by atoms with Gasteiger partial charge >= 0.3 is 71.1 Å². The zero-order chi connectivity index (χ0) is 8.27. The molecule has 0 bridgehead atoms. The van der Waals surface area contributed by atoms with Crippen molar-refractivity contribution >= 4 is 15.0 Å². The monoisotopic (exact) mass is 216 g/mol. The average molecular weight is 215 g/mol. The third-order valence-electron chi connectivity index (χ3n) is 1.46. The first-order chi connectivity index (χ1) is 5.25. The number of hydrogen-bond acceptors (Lipinski definition) is 3. The molecule has 0 N–H and O–H groups in total. The zero-order valence-electron chi connectivity index (χ0n) is 6.42. The summed E-state index contributed by atoms with van der Waals surface area (Å²) >= 11 is 0.0288. The summed E-state index contributed by atoms with van der Waals surface area (Å²) in [5.74, 6) is 0.847. The van der Waals surface area contributed by atoms with Crippen molar-refractivity contribution < 1.29 is 4.52 Å². The van der Waals surface area contributed by atoms with E-state index < -0.39 is 0 Å². The zero-order valence-corrected chi connectivity index (χ0v) is 8.13. The average Bonchev–Trinajstić information content (AvgIpc) is 2.29. The van der Waals surface area contributed by atoms with Crippen LogP contribution in [0.15, 0.2) is 4.52 Å². The molecule has 4 heteroatoms. The van der Waals surface area contributed by atoms with E-state index in [2.05, 4.69) is 10.1 Å². The molecule has 0 saturated carbocycles. The Morgan fingerprint density at radius 3 is 2.82 bits per heavy atom. The summed E-state index contributed by atoms with van der Waals surface area (Å²) in [4.78, 5) is 2.15. The van der Waals surface area contributed by atoms with Crippen molar-refractivity contribution in [2.75, 3.05) is 0 Å². The summed E-state index contributed by atoms with van der Waals surface area (Å²) in [6.07, 6.45) is 0. The standard InChI is InChI=1S/C7H8N2OSe/c1-5-7(3-11-4-8)6(2)10-9-5/h3H2,1-2H3. The maximum absolute atomic E-state index is 8.37. The van der Waals surface area contributed by atoms with Crippen LogP contribution in [-0.4, -0.2) is 20.1 Å². The van der Waals surface area contributed by atoms with Crippen molar-refractivity contribution in [3.05, 3.63) is 17.0 Å². The Hall–Kier alpha value is -0.781. The molecule has 11 heavy (non-hydrogen) atoms. The van der Waals surface area contributed by atoms with Crippen LogP contribution in [0, 0.1) is 24.1 Å². The Kier molecular flexibility index (Phi) is 2.69. The van der Waals surface area contributed by atoms with Crippen LogP contribution < -0.4 is 0 Å². The van der Waals surface area contributed by atoms with E-state index in [0.717, 1.165) is 22.3 Å². The molecule has 0 spiro atoms. The van der Waals surface area contributed by atoms with Crippen LogP contribution in [0.4, 0.5) is 0 Å². The Labute approximate surface area is 71.5 Å². The molecule has 0 aliphatic rings. The molecule has 1 aromatic rings. The van der Waals surface area contributed by atoms with E-state index in [1.165, 1.54) is 0 Å². The second-order valence-electron chi connectivity index (χ2n) is 2.18. The Morgan fingerprint density at radius 2 is 2.36 bits per heavy atom. The molecule has 1 heterocycles. The van der Waals surface area contributed by atoms with Gasteiger partial charge in [0.25, 0.3) is 0 Å². The molecule has 0 aliphatic carbocycles. The number of rotatable bonds is 2. The fourth-order valence-electron chi connectivity index (χ4n) is 0.812. The summed E-state index contributed by atoms with van der Waals surface area (Å²) in [5.41, 5.74) is 2.02. The van der Waals surface area contributed by atoms with Crippen LogP contribution in [0.2, 0.25) is 0 Å². The second kappa shape index (κ2) is 3.56. The molecular formula is C7H8N2OSe. The van der Waals surface area contributed by atoms with Crippen LogP contribution >= 0.6 is 0 Å². The van der Waals surface area contributed by atoms with Gasteiger partial charge in [0.2, 0.25) is 0 Å². The van der Waals surface area contributed by atoms with Crippen LogP contribution in [0.25, 0.3) is 0 Å². The van der Waals surface area contributed by atoms with Gasteiger partial charge in [-0.15, -0.1) is 0 Å². The summed E-state index contributed by atoms with van der Waals surface area (Å²) in [6.45, 7) is 3.78. The van der Waals surface area contributed by atoms with Gasteiger partial charge in [-0.3, -0.25) is 0 Å². The molecule has 3 nitrogen and oxygen atoms in total. The Balaban J connectivity index is 2.77. The van der Waals surface area contributed by atoms with Gasteiger partial charge in [0.1, 0.15) is 0 Å². The third-order valence-corrected chi connectivity index (χ3v) is 2.64. The van der Waals surface area contributed by atoms with Crippen molar-refractivity contribution in [2.45, 2.75) is 19.2 Å². The summed E-state index contributed by atoms with van der Waals surface area (Å²) in [5, 5.41) is 13.0. The summed E-state index contributed by atoms with van der Waals surface area (Å²) in [6, 6.07) is 0. The molecule has 0 radical (unpaired) electrons. The first kappa shape index (κ1) is 8.32. The minimum absolute atomic E-state index is 0.0288. The molecule has 1 rings (SSSR count). The molecule has 58 valence electrons. The van der Waals surface area contributed by atoms with E-state index in [1.54, 1.807) is 0 Å². The van der Waals surface area contributed by atoms with Gasteiger partial charge in [0, 0.05) is 0 Å². The molecule has 0 atom stereocenters. The SMILES string of the molecule is Cc1noc(C)c1C[Se]C#N. The molecular weight excluding hydrogens is 207 g/mol. The van der Waals surface area contributed by atoms with Gasteiger partial charge in [-0.25, -0.2) is 0 Å². The number of aromatic nitrogens is 1. The topological polar surface area (TPSA) is 49.8 Å². The van der Waals surface area contributed by atoms with E-state index in [9.17, 15) is 0 Å². The van der Waals surface area contributed by atoms with E-state index in [4.69, 9.17) is 9.78 Å². The molecule has 0 aliphatic heterocycles. The van der Waals surface area contributed by atoms with Crippen LogP contribution in [-0.2, 0) is 5.32 Å². The van der Waals surface area contributed by atoms with Gasteiger partial charge < -0.3 is 0 Å². The van der Waals surface area contributed by atoms with Crippen molar-refractivity contribution in [1.82, 2.24) is 5.16 Å². The normalized spacial score (nSPS) is 9.55. The fraction of sp³-hybridized carbons (Fsp3) is 0.429. The predicted molar refractivity (Wildman–Crippen MR) is 41.0 cm³/mol. The van der Waals surface area contributed by atoms with Gasteiger partial charge in [0.15, 0.2) is 0 Å². The van der Waals surface area contributed by atoms with E-state index >= 15 is 0 Å². The number of hydrogen-bond donors (Lipinski definition) is 0. The number of nitriles is 1. The van der Waals surface area contributed by atoms with Crippen molar-refractivity contribution in [1.29, 1.82) is 5.26 Å². The molecule has 0 unspecified atom stereocenters. The molecule has 1 aromatic heterocycles. The summed E-state index contributed by atoms with van der Waals surface area (Å²) in [7, 11) is 0. The van der Waals surface area contributed by atoms with Crippen LogP contribution in [0.5, 0.6) is 0 Å². The number of aryl methyl sites for hydroxylation is 2. The third kappa shape index (κ3) is 1.83. The van der Waals surface area contributed by atoms with Gasteiger partial charge in [0.05, 0.1) is 0 Å². The van der Waals surface area contributed by atoms with Gasteiger partial charge in [-0.05, 0) is 0 Å². The first-order valence-corrected chi connectivity index (χ1v) is 5.25. The van der Waals surface area contributed by atoms with E-state index in [1.807, 2.05) is 13.8 Å². The number of nitrogens with zero attached hydrogens (tertiary/aromatic N) is 2. The van der Waals surface area contributed by atoms with Gasteiger partial charge in [-0.1, -0.05) is 0 Å². The minimum atomic E-state index is 0.0288. The maximum atomic E-state index is 8.37. The summed E-state index contributed by atoms with van der Waals surface area (Å²) < 4.78 is 4.94. The second-order valence-corrected chi connectivity index (χ2v) is 3.78. The molecule has 0 saturated heterocycles. The fourth-order valence-corrected chi connectivity index (χ4v) is 2.12. The molecule has 0 aromatic carbocycles. The van der Waals surface area contributed by atoms with E-state index in [-0.39, 0.29) is 15.0 Å². The Morgan fingerprint density at radius 1 is 1.64 bits per heavy atom. The van der Waals surface area contributed by atoms with Crippen LogP contribution in [0.1, 0.15) is 17.0 Å². The first-order valence-electron chi connectivity index (χ1n) is 3.18. The Bertz CT molecular complexity index is 268. The molecule has 0 amide bonds. The quantitative estimate of drug-likeness (QED) is 0.691. The van der Waals surface area contributed by atoms with Crippen molar-refractivity contribution in [3.63, 3.8) is 0 Å². The molecule has 0 fully saturated rings. The van der Waals surface area contributed by atoms with Crippen molar-refractivity contribution in [2.24, 2.45) is 0 Å². The van der Waals surface area contributed by atoms with E-state index in [0.29, 0.717) is 0 Å². The van der Waals surface area contributed by atoms with Crippen LogP contribution in [0.3, 0.4) is 0 Å². The predicted octanol–water partition coefficient (Wildman–Crippen LogP) is 0.977. The van der Waals surface area contributed by atoms with Gasteiger partial charge in [-0.2, -0.15) is 0 Å².